The number of carbonyl (C=O) groups is 2. The van der Waals surface area contributed by atoms with Crippen molar-refractivity contribution in [2.75, 3.05) is 0 Å². The maximum atomic E-state index is 10.8. The van der Waals surface area contributed by atoms with E-state index < -0.39 is 58.6 Å². The van der Waals surface area contributed by atoms with Crippen molar-refractivity contribution >= 4 is 65.3 Å². The molecule has 0 bridgehead atoms. The Labute approximate surface area is 114 Å². The molecule has 0 heterocycles. The van der Waals surface area contributed by atoms with Gasteiger partial charge in [-0.25, -0.2) is 0 Å². The third-order valence-corrected chi connectivity index (χ3v) is 7.41. The number of hydrogen-bond acceptors (Lipinski definition) is 4. The Bertz CT molecular complexity index is 403. The van der Waals surface area contributed by atoms with Crippen LogP contribution in [0.2, 0.25) is 0 Å². The summed E-state index contributed by atoms with van der Waals surface area (Å²) in [6.07, 6.45) is 0. The monoisotopic (exact) mass is 430 g/mol. The van der Waals surface area contributed by atoms with Gasteiger partial charge in [-0.3, -0.25) is 0 Å². The predicted octanol–water partition coefficient (Wildman–Crippen LogP) is -2.98. The molecule has 0 saturated carbocycles. The molecular weight excluding hydrogens is 422 g/mol. The van der Waals surface area contributed by atoms with Gasteiger partial charge in [0.1, 0.15) is 0 Å². The molecule has 0 amide bonds. The number of aromatic carboxylic acids is 2. The van der Waals surface area contributed by atoms with E-state index in [9.17, 15) is 9.59 Å². The molecule has 0 aliphatic rings. The molecule has 82 valence electrons. The zero-order valence-electron chi connectivity index (χ0n) is 8.17. The van der Waals surface area contributed by atoms with E-state index in [1.54, 1.807) is 0 Å². The van der Waals surface area contributed by atoms with Crippen molar-refractivity contribution < 1.29 is 26.3 Å². The second-order valence-corrected chi connectivity index (χ2v) is 9.25. The summed E-state index contributed by atoms with van der Waals surface area (Å²) >= 11 is -4.76. The van der Waals surface area contributed by atoms with Crippen LogP contribution in [0.3, 0.4) is 0 Å². The Morgan fingerprint density at radius 3 is 1.38 bits per heavy atom. The molecular formula is C8H8In2O6. The molecule has 6 nitrogen and oxygen atoms in total. The molecule has 0 saturated heterocycles. The maximum absolute atomic E-state index is 10.8. The second-order valence-electron chi connectivity index (χ2n) is 3.09. The summed E-state index contributed by atoms with van der Waals surface area (Å²) in [6, 6.07) is 2.40. The molecule has 1 rings (SSSR count). The van der Waals surface area contributed by atoms with Crippen molar-refractivity contribution in [3.8, 4) is 0 Å². The molecule has 0 aliphatic carbocycles. The van der Waals surface area contributed by atoms with Crippen molar-refractivity contribution in [1.29, 1.82) is 0 Å². The number of rotatable bonds is 4. The summed E-state index contributed by atoms with van der Waals surface area (Å²) in [7, 11) is 0. The number of carboxylic acids is 2. The van der Waals surface area contributed by atoms with Crippen LogP contribution >= 0.6 is 0 Å². The first-order chi connectivity index (χ1) is 7.51. The van der Waals surface area contributed by atoms with Gasteiger partial charge in [0.25, 0.3) is 0 Å². The van der Waals surface area contributed by atoms with E-state index in [-0.39, 0.29) is 17.8 Å². The van der Waals surface area contributed by atoms with Gasteiger partial charge in [-0.2, -0.15) is 0 Å². The average Bonchev–Trinajstić information content (AvgIpc) is 2.26. The molecule has 1 aromatic rings. The first-order valence-corrected chi connectivity index (χ1v) is 12.0. The Balaban J connectivity index is 3.46. The summed E-state index contributed by atoms with van der Waals surface area (Å²) < 4.78 is 18.8. The third-order valence-electron chi connectivity index (χ3n) is 2.13. The van der Waals surface area contributed by atoms with Crippen molar-refractivity contribution in [2.24, 2.45) is 0 Å². The van der Waals surface area contributed by atoms with Gasteiger partial charge in [-0.05, 0) is 0 Å². The number of benzene rings is 1. The molecule has 0 unspecified atom stereocenters. The Hall–Kier alpha value is -0.180. The van der Waals surface area contributed by atoms with Crippen molar-refractivity contribution in [3.05, 3.63) is 23.3 Å². The van der Waals surface area contributed by atoms with E-state index in [1.165, 1.54) is 12.1 Å². The van der Waals surface area contributed by atoms with Gasteiger partial charge < -0.3 is 0 Å². The Morgan fingerprint density at radius 1 is 0.875 bits per heavy atom. The van der Waals surface area contributed by atoms with Crippen LogP contribution in [0.4, 0.5) is 0 Å². The fourth-order valence-corrected chi connectivity index (χ4v) is 5.45. The summed E-state index contributed by atoms with van der Waals surface area (Å²) in [5.41, 5.74) is -0.131. The normalized spacial score (nSPS) is 9.62. The fraction of sp³-hybridized carbons (Fsp3) is 0. The summed E-state index contributed by atoms with van der Waals surface area (Å²) in [6.45, 7) is 0. The van der Waals surface area contributed by atoms with E-state index in [4.69, 9.17) is 16.7 Å². The van der Waals surface area contributed by atoms with Gasteiger partial charge in [-0.15, -0.1) is 0 Å². The summed E-state index contributed by atoms with van der Waals surface area (Å²) in [4.78, 5) is 21.7. The second kappa shape index (κ2) is 5.95. The molecule has 0 fully saturated rings. The van der Waals surface area contributed by atoms with E-state index >= 15 is 0 Å². The van der Waals surface area contributed by atoms with Crippen molar-refractivity contribution in [2.45, 2.75) is 0 Å². The quantitative estimate of drug-likeness (QED) is 0.406. The van der Waals surface area contributed by atoms with Crippen LogP contribution in [-0.4, -0.2) is 75.3 Å². The SMILES string of the molecule is O=C(O)c1c[c]([InH][OH])c(C(=O)O)c[c]1[InH][OH]. The van der Waals surface area contributed by atoms with Crippen LogP contribution in [-0.2, 0) is 0 Å². The Morgan fingerprint density at radius 2 is 1.19 bits per heavy atom. The van der Waals surface area contributed by atoms with Crippen LogP contribution in [0.1, 0.15) is 20.7 Å². The van der Waals surface area contributed by atoms with Gasteiger partial charge in [-0.1, -0.05) is 0 Å². The van der Waals surface area contributed by atoms with Crippen LogP contribution in [0.15, 0.2) is 12.1 Å². The molecule has 0 aromatic heterocycles. The molecule has 0 aliphatic heterocycles. The standard InChI is InChI=1S/C8H4O4.2In.2H2O.2H/c9-7(10)5-1-2-6(4-3-5)8(11)12;;;;;;/h1,4H,(H,9,10)(H,11,12);;;2*1H2;;/q;2*+1;;;;/p-2. The third kappa shape index (κ3) is 2.93. The molecule has 0 atom stereocenters. The van der Waals surface area contributed by atoms with Crippen LogP contribution in [0, 0.1) is 0 Å². The van der Waals surface area contributed by atoms with Crippen molar-refractivity contribution in [1.82, 2.24) is 0 Å². The molecule has 8 heteroatoms. The fourth-order valence-electron chi connectivity index (χ4n) is 1.35. The van der Waals surface area contributed by atoms with Gasteiger partial charge >= 0.3 is 115 Å². The minimum atomic E-state index is -2.38. The van der Waals surface area contributed by atoms with Gasteiger partial charge in [0.2, 0.25) is 0 Å². The minimum absolute atomic E-state index is 0.0657. The summed E-state index contributed by atoms with van der Waals surface area (Å²) in [5, 5.41) is 17.7. The first-order valence-electron chi connectivity index (χ1n) is 4.35. The van der Waals surface area contributed by atoms with E-state index in [2.05, 4.69) is 0 Å². The van der Waals surface area contributed by atoms with Gasteiger partial charge in [0.15, 0.2) is 0 Å². The molecule has 4 N–H and O–H groups in total. The van der Waals surface area contributed by atoms with Crippen LogP contribution in [0.25, 0.3) is 0 Å². The van der Waals surface area contributed by atoms with E-state index in [0.717, 1.165) is 0 Å². The topological polar surface area (TPSA) is 115 Å². The van der Waals surface area contributed by atoms with E-state index in [1.807, 2.05) is 0 Å². The predicted molar refractivity (Wildman–Crippen MR) is 58.4 cm³/mol. The zero-order valence-corrected chi connectivity index (χ0v) is 16.2. The number of hydrogen-bond donors (Lipinski definition) is 4. The Kier molecular flexibility index (Phi) is 5.16. The van der Waals surface area contributed by atoms with Crippen molar-refractivity contribution in [3.63, 3.8) is 0 Å². The number of carboxylic acid groups (broad SMARTS) is 2. The van der Waals surface area contributed by atoms with Gasteiger partial charge in [0, 0.05) is 0 Å². The summed E-state index contributed by atoms with van der Waals surface area (Å²) in [5.74, 6) is -2.39. The molecule has 1 aromatic carbocycles. The molecule has 0 radical (unpaired) electrons. The van der Waals surface area contributed by atoms with Crippen LogP contribution < -0.4 is 6.64 Å². The van der Waals surface area contributed by atoms with Crippen LogP contribution in [0.5, 0.6) is 0 Å². The first kappa shape index (κ1) is 13.9. The molecule has 0 spiro atoms. The van der Waals surface area contributed by atoms with Gasteiger partial charge in [0.05, 0.1) is 0 Å². The molecule has 16 heavy (non-hydrogen) atoms. The van der Waals surface area contributed by atoms with E-state index in [0.29, 0.717) is 0 Å². The zero-order chi connectivity index (χ0) is 12.3. The average molecular weight is 430 g/mol.